The van der Waals surface area contributed by atoms with Crippen molar-refractivity contribution in [3.8, 4) is 0 Å². The molecule has 0 atom stereocenters. The van der Waals surface area contributed by atoms with Gasteiger partial charge in [0.15, 0.2) is 5.11 Å². The summed E-state index contributed by atoms with van der Waals surface area (Å²) in [6.45, 7) is 2.69. The summed E-state index contributed by atoms with van der Waals surface area (Å²) in [6, 6.07) is 3.56. The van der Waals surface area contributed by atoms with Crippen molar-refractivity contribution in [3.05, 3.63) is 12.1 Å². The van der Waals surface area contributed by atoms with Crippen LogP contribution in [0.15, 0.2) is 12.1 Å². The van der Waals surface area contributed by atoms with Crippen LogP contribution >= 0.6 is 23.6 Å². The Morgan fingerprint density at radius 3 is 2.58 bits per heavy atom. The lowest BCUT2D eigenvalue weighted by Gasteiger charge is -2.06. The van der Waals surface area contributed by atoms with Gasteiger partial charge in [0.2, 0.25) is 0 Å². The van der Waals surface area contributed by atoms with Gasteiger partial charge < -0.3 is 16.0 Å². The standard InChI is InChI=1S/C10H15N5O2S2/c1-3-12-10(18)13-6-4-5-7(19-6)14-15-9(17)8(16)11-2/h4-5,14H,3H2,1-2H3,(H,11,16)(H,15,17)(H2,12,13,18). The van der Waals surface area contributed by atoms with Crippen LogP contribution in [0.1, 0.15) is 6.92 Å². The van der Waals surface area contributed by atoms with E-state index in [9.17, 15) is 9.59 Å². The van der Waals surface area contributed by atoms with E-state index in [4.69, 9.17) is 12.2 Å². The number of carbonyl (C=O) groups is 2. The van der Waals surface area contributed by atoms with Crippen molar-refractivity contribution in [1.82, 2.24) is 16.1 Å². The minimum absolute atomic E-state index is 0.533. The lowest BCUT2D eigenvalue weighted by molar-refractivity contribution is -0.138. The van der Waals surface area contributed by atoms with Crippen LogP contribution in [0, 0.1) is 0 Å². The lowest BCUT2D eigenvalue weighted by atomic mass is 10.6. The molecule has 5 N–H and O–H groups in total. The molecule has 0 aliphatic heterocycles. The monoisotopic (exact) mass is 301 g/mol. The molecule has 0 aromatic carbocycles. The number of hydrogen-bond donors (Lipinski definition) is 5. The highest BCUT2D eigenvalue weighted by molar-refractivity contribution is 7.80. The number of anilines is 2. The van der Waals surface area contributed by atoms with Gasteiger partial charge in [-0.15, -0.1) is 0 Å². The zero-order valence-corrected chi connectivity index (χ0v) is 12.1. The van der Waals surface area contributed by atoms with E-state index in [1.165, 1.54) is 18.4 Å². The van der Waals surface area contributed by atoms with E-state index in [1.54, 1.807) is 6.07 Å². The quantitative estimate of drug-likeness (QED) is 0.311. The van der Waals surface area contributed by atoms with Crippen molar-refractivity contribution in [2.75, 3.05) is 24.3 Å². The number of nitrogens with one attached hydrogen (secondary N) is 5. The number of thiocarbonyl (C=S) groups is 1. The lowest BCUT2D eigenvalue weighted by Crippen LogP contribution is -2.40. The summed E-state index contributed by atoms with van der Waals surface area (Å²) in [6.07, 6.45) is 0. The average Bonchev–Trinajstić information content (AvgIpc) is 2.82. The molecule has 104 valence electrons. The second-order valence-electron chi connectivity index (χ2n) is 3.31. The fraction of sp³-hybridized carbons (Fsp3) is 0.300. The largest absolute Gasteiger partial charge is 0.363 e. The molecule has 19 heavy (non-hydrogen) atoms. The Balaban J connectivity index is 2.45. The molecule has 0 radical (unpaired) electrons. The Morgan fingerprint density at radius 2 is 1.95 bits per heavy atom. The van der Waals surface area contributed by atoms with Crippen molar-refractivity contribution >= 4 is 50.5 Å². The van der Waals surface area contributed by atoms with Crippen LogP contribution in [0.4, 0.5) is 10.0 Å². The molecule has 0 saturated carbocycles. The van der Waals surface area contributed by atoms with Gasteiger partial charge in [-0.05, 0) is 31.3 Å². The third-order valence-corrected chi connectivity index (χ3v) is 3.08. The predicted molar refractivity (Wildman–Crippen MR) is 80.0 cm³/mol. The van der Waals surface area contributed by atoms with E-state index in [-0.39, 0.29) is 0 Å². The van der Waals surface area contributed by atoms with Gasteiger partial charge in [-0.2, -0.15) is 0 Å². The molecule has 7 nitrogen and oxygen atoms in total. The van der Waals surface area contributed by atoms with Gasteiger partial charge in [-0.25, -0.2) is 0 Å². The Labute approximate surface area is 120 Å². The van der Waals surface area contributed by atoms with Gasteiger partial charge in [0.05, 0.1) is 5.00 Å². The molecular formula is C10H15N5O2S2. The molecule has 0 saturated heterocycles. The van der Waals surface area contributed by atoms with Gasteiger partial charge in [-0.1, -0.05) is 11.3 Å². The molecule has 1 rings (SSSR count). The topological polar surface area (TPSA) is 94.3 Å². The third kappa shape index (κ3) is 5.10. The van der Waals surface area contributed by atoms with E-state index in [0.717, 1.165) is 11.5 Å². The van der Waals surface area contributed by atoms with Crippen LogP contribution in [0.25, 0.3) is 0 Å². The van der Waals surface area contributed by atoms with E-state index in [2.05, 4.69) is 26.8 Å². The summed E-state index contributed by atoms with van der Waals surface area (Å²) in [7, 11) is 1.39. The fourth-order valence-electron chi connectivity index (χ4n) is 1.08. The fourth-order valence-corrected chi connectivity index (χ4v) is 2.16. The number of amides is 2. The Kier molecular flexibility index (Phi) is 6.03. The second-order valence-corrected chi connectivity index (χ2v) is 4.80. The number of hydrazine groups is 1. The van der Waals surface area contributed by atoms with Crippen molar-refractivity contribution in [2.24, 2.45) is 0 Å². The molecule has 2 amide bonds. The van der Waals surface area contributed by atoms with Crippen molar-refractivity contribution in [1.29, 1.82) is 0 Å². The highest BCUT2D eigenvalue weighted by Crippen LogP contribution is 2.25. The van der Waals surface area contributed by atoms with Crippen LogP contribution in [0.2, 0.25) is 0 Å². The summed E-state index contributed by atoms with van der Waals surface area (Å²) in [5.74, 6) is -1.47. The number of carbonyl (C=O) groups excluding carboxylic acids is 2. The van der Waals surface area contributed by atoms with E-state index < -0.39 is 11.8 Å². The normalized spacial score (nSPS) is 9.37. The van der Waals surface area contributed by atoms with Crippen LogP contribution < -0.4 is 26.8 Å². The molecule has 0 aliphatic rings. The summed E-state index contributed by atoms with van der Waals surface area (Å²) >= 11 is 6.39. The smallest absolute Gasteiger partial charge is 0.327 e. The van der Waals surface area contributed by atoms with Crippen molar-refractivity contribution < 1.29 is 9.59 Å². The highest BCUT2D eigenvalue weighted by atomic mass is 32.1. The Bertz CT molecular complexity index is 474. The van der Waals surface area contributed by atoms with Crippen LogP contribution in [-0.4, -0.2) is 30.5 Å². The Morgan fingerprint density at radius 1 is 1.26 bits per heavy atom. The molecular weight excluding hydrogens is 286 g/mol. The van der Waals surface area contributed by atoms with E-state index >= 15 is 0 Å². The molecule has 1 heterocycles. The number of hydrogen-bond acceptors (Lipinski definition) is 5. The molecule has 1 aromatic heterocycles. The molecule has 0 bridgehead atoms. The van der Waals surface area contributed by atoms with Gasteiger partial charge >= 0.3 is 11.8 Å². The summed E-state index contributed by atoms with van der Waals surface area (Å²) < 4.78 is 0. The van der Waals surface area contributed by atoms with E-state index in [1.807, 2.05) is 13.0 Å². The summed E-state index contributed by atoms with van der Waals surface area (Å²) in [5.41, 5.74) is 4.91. The number of likely N-dealkylation sites (N-methyl/N-ethyl adjacent to an activating group) is 1. The SMILES string of the molecule is CCNC(=S)Nc1ccc(NNC(=O)C(=O)NC)s1. The maximum Gasteiger partial charge on any atom is 0.327 e. The zero-order valence-electron chi connectivity index (χ0n) is 10.5. The van der Waals surface area contributed by atoms with Crippen LogP contribution in [0.5, 0.6) is 0 Å². The molecule has 9 heteroatoms. The Hall–Kier alpha value is -1.87. The van der Waals surface area contributed by atoms with Crippen molar-refractivity contribution in [3.63, 3.8) is 0 Å². The van der Waals surface area contributed by atoms with Crippen LogP contribution in [0.3, 0.4) is 0 Å². The maximum atomic E-state index is 11.2. The van der Waals surface area contributed by atoms with Crippen LogP contribution in [-0.2, 0) is 9.59 Å². The van der Waals surface area contributed by atoms with Gasteiger partial charge in [0, 0.05) is 13.6 Å². The molecule has 1 aromatic rings. The average molecular weight is 301 g/mol. The third-order valence-electron chi connectivity index (χ3n) is 1.91. The van der Waals surface area contributed by atoms with Gasteiger partial charge in [0.1, 0.15) is 5.00 Å². The number of rotatable bonds is 4. The predicted octanol–water partition coefficient (Wildman–Crippen LogP) is 0.243. The van der Waals surface area contributed by atoms with Gasteiger partial charge in [-0.3, -0.25) is 20.4 Å². The number of thiophene rings is 1. The highest BCUT2D eigenvalue weighted by Gasteiger charge is 2.10. The zero-order chi connectivity index (χ0) is 14.3. The minimum atomic E-state index is -0.756. The first-order chi connectivity index (χ1) is 9.06. The second kappa shape index (κ2) is 7.54. The minimum Gasteiger partial charge on any atom is -0.363 e. The molecule has 0 unspecified atom stereocenters. The van der Waals surface area contributed by atoms with Gasteiger partial charge in [0.25, 0.3) is 0 Å². The van der Waals surface area contributed by atoms with Crippen molar-refractivity contribution in [2.45, 2.75) is 6.92 Å². The molecule has 0 spiro atoms. The maximum absolute atomic E-state index is 11.2. The van der Waals surface area contributed by atoms with E-state index in [0.29, 0.717) is 10.1 Å². The summed E-state index contributed by atoms with van der Waals surface area (Å²) in [4.78, 5) is 22.1. The summed E-state index contributed by atoms with van der Waals surface area (Å²) in [5, 5.41) is 10.2. The molecule has 0 aliphatic carbocycles. The first kappa shape index (κ1) is 15.2. The first-order valence-electron chi connectivity index (χ1n) is 5.49. The molecule has 0 fully saturated rings. The first-order valence-corrected chi connectivity index (χ1v) is 6.72.